The van der Waals surface area contributed by atoms with Crippen molar-refractivity contribution < 1.29 is 14.3 Å². The van der Waals surface area contributed by atoms with E-state index >= 15 is 0 Å². The van der Waals surface area contributed by atoms with Gasteiger partial charge in [-0.25, -0.2) is 5.43 Å². The number of nitrogens with one attached hydrogen (secondary N) is 2. The Hall–Kier alpha value is -3.64. The molecular formula is C23H20ClN3O3. The van der Waals surface area contributed by atoms with E-state index in [0.29, 0.717) is 22.0 Å². The van der Waals surface area contributed by atoms with Crippen molar-refractivity contribution in [3.05, 3.63) is 94.5 Å². The summed E-state index contributed by atoms with van der Waals surface area (Å²) < 4.78 is 5.83. The molecule has 3 aromatic rings. The molecule has 2 N–H and O–H groups in total. The molecule has 0 radical (unpaired) electrons. The first-order valence-electron chi connectivity index (χ1n) is 9.19. The van der Waals surface area contributed by atoms with E-state index in [2.05, 4.69) is 15.8 Å². The molecule has 0 aliphatic rings. The number of hydrogen-bond acceptors (Lipinski definition) is 4. The summed E-state index contributed by atoms with van der Waals surface area (Å²) in [6.07, 6.45) is 1.42. The quantitative estimate of drug-likeness (QED) is 0.353. The molecule has 0 heterocycles. The maximum Gasteiger partial charge on any atom is 0.329 e. The van der Waals surface area contributed by atoms with E-state index in [-0.39, 0.29) is 6.61 Å². The normalized spacial score (nSPS) is 10.6. The highest BCUT2D eigenvalue weighted by molar-refractivity contribution is 6.39. The molecule has 0 saturated carbocycles. The van der Waals surface area contributed by atoms with E-state index in [1.807, 2.05) is 43.3 Å². The fourth-order valence-electron chi connectivity index (χ4n) is 2.61. The van der Waals surface area contributed by atoms with Crippen LogP contribution in [0, 0.1) is 6.92 Å². The molecule has 0 fully saturated rings. The molecule has 3 rings (SSSR count). The minimum Gasteiger partial charge on any atom is -0.488 e. The van der Waals surface area contributed by atoms with Crippen molar-refractivity contribution in [2.75, 3.05) is 5.32 Å². The van der Waals surface area contributed by atoms with Crippen LogP contribution < -0.4 is 15.5 Å². The van der Waals surface area contributed by atoms with Crippen LogP contribution in [-0.2, 0) is 16.2 Å². The van der Waals surface area contributed by atoms with Gasteiger partial charge < -0.3 is 10.1 Å². The van der Waals surface area contributed by atoms with Crippen molar-refractivity contribution >= 4 is 35.3 Å². The predicted molar refractivity (Wildman–Crippen MR) is 118 cm³/mol. The van der Waals surface area contributed by atoms with Crippen LogP contribution in [0.25, 0.3) is 0 Å². The molecule has 6 nitrogen and oxygen atoms in total. The van der Waals surface area contributed by atoms with Crippen molar-refractivity contribution in [3.8, 4) is 5.75 Å². The second kappa shape index (κ2) is 10.2. The summed E-state index contributed by atoms with van der Waals surface area (Å²) in [7, 11) is 0. The van der Waals surface area contributed by atoms with E-state index < -0.39 is 11.8 Å². The van der Waals surface area contributed by atoms with Gasteiger partial charge in [-0.2, -0.15) is 5.10 Å². The van der Waals surface area contributed by atoms with Gasteiger partial charge in [-0.3, -0.25) is 9.59 Å². The number of hydrogen-bond donors (Lipinski definition) is 2. The molecule has 0 spiro atoms. The molecule has 0 atom stereocenters. The van der Waals surface area contributed by atoms with Gasteiger partial charge >= 0.3 is 11.8 Å². The van der Waals surface area contributed by atoms with Crippen LogP contribution in [0.5, 0.6) is 5.75 Å². The predicted octanol–water partition coefficient (Wildman–Crippen LogP) is 4.32. The lowest BCUT2D eigenvalue weighted by Crippen LogP contribution is -2.32. The second-order valence-electron chi connectivity index (χ2n) is 6.44. The number of aryl methyl sites for hydroxylation is 1. The standard InChI is InChI=1S/C23H20ClN3O3/c1-16-7-6-10-19(13-16)26-22(28)23(29)27-25-14-17-8-3-5-12-21(17)30-15-18-9-2-4-11-20(18)24/h2-14H,15H2,1H3,(H,26,28)(H,27,29)/b25-14-. The Labute approximate surface area is 179 Å². The third kappa shape index (κ3) is 5.93. The number of ether oxygens (including phenoxy) is 1. The van der Waals surface area contributed by atoms with Crippen molar-refractivity contribution in [1.29, 1.82) is 0 Å². The number of hydrazone groups is 1. The number of halogens is 1. The third-order valence-electron chi connectivity index (χ3n) is 4.11. The number of anilines is 1. The number of para-hydroxylation sites is 1. The summed E-state index contributed by atoms with van der Waals surface area (Å²) in [5.74, 6) is -1.11. The van der Waals surface area contributed by atoms with Crippen LogP contribution in [-0.4, -0.2) is 18.0 Å². The maximum atomic E-state index is 12.0. The highest BCUT2D eigenvalue weighted by Gasteiger charge is 2.13. The van der Waals surface area contributed by atoms with E-state index in [0.717, 1.165) is 11.1 Å². The topological polar surface area (TPSA) is 79.8 Å². The lowest BCUT2D eigenvalue weighted by atomic mass is 10.2. The van der Waals surface area contributed by atoms with Gasteiger partial charge in [0.1, 0.15) is 12.4 Å². The first kappa shape index (κ1) is 21.1. The van der Waals surface area contributed by atoms with E-state index in [9.17, 15) is 9.59 Å². The van der Waals surface area contributed by atoms with Gasteiger partial charge in [0.2, 0.25) is 0 Å². The lowest BCUT2D eigenvalue weighted by Gasteiger charge is -2.10. The summed E-state index contributed by atoms with van der Waals surface area (Å²) in [6, 6.07) is 21.8. The highest BCUT2D eigenvalue weighted by Crippen LogP contribution is 2.20. The Bertz CT molecular complexity index is 1080. The smallest absolute Gasteiger partial charge is 0.329 e. The number of benzene rings is 3. The third-order valence-corrected chi connectivity index (χ3v) is 4.48. The molecule has 0 bridgehead atoms. The summed E-state index contributed by atoms with van der Waals surface area (Å²) in [6.45, 7) is 2.18. The Kier molecular flexibility index (Phi) is 7.19. The van der Waals surface area contributed by atoms with E-state index in [1.165, 1.54) is 6.21 Å². The number of carbonyl (C=O) groups is 2. The first-order chi connectivity index (χ1) is 14.5. The van der Waals surface area contributed by atoms with Gasteiger partial charge in [-0.1, -0.05) is 54.1 Å². The molecule has 3 aromatic carbocycles. The number of nitrogens with zero attached hydrogens (tertiary/aromatic N) is 1. The first-order valence-corrected chi connectivity index (χ1v) is 9.57. The molecule has 0 aromatic heterocycles. The molecule has 0 aliphatic heterocycles. The minimum absolute atomic E-state index is 0.287. The van der Waals surface area contributed by atoms with Gasteiger partial charge in [-0.05, 0) is 42.8 Å². The van der Waals surface area contributed by atoms with Crippen LogP contribution in [0.3, 0.4) is 0 Å². The Morgan fingerprint density at radius 3 is 2.57 bits per heavy atom. The molecular weight excluding hydrogens is 402 g/mol. The average molecular weight is 422 g/mol. The van der Waals surface area contributed by atoms with Crippen molar-refractivity contribution in [3.63, 3.8) is 0 Å². The zero-order chi connectivity index (χ0) is 21.3. The SMILES string of the molecule is Cc1cccc(NC(=O)C(=O)N/N=C\c2ccccc2OCc2ccccc2Cl)c1. The van der Waals surface area contributed by atoms with Crippen LogP contribution >= 0.6 is 11.6 Å². The largest absolute Gasteiger partial charge is 0.488 e. The molecule has 7 heteroatoms. The van der Waals surface area contributed by atoms with Gasteiger partial charge in [0.05, 0.1) is 6.21 Å². The number of amides is 2. The Morgan fingerprint density at radius 2 is 1.77 bits per heavy atom. The Balaban J connectivity index is 1.58. The van der Waals surface area contributed by atoms with Gasteiger partial charge in [0, 0.05) is 21.8 Å². The summed E-state index contributed by atoms with van der Waals surface area (Å²) >= 11 is 6.15. The summed E-state index contributed by atoms with van der Waals surface area (Å²) in [4.78, 5) is 24.0. The lowest BCUT2D eigenvalue weighted by molar-refractivity contribution is -0.136. The van der Waals surface area contributed by atoms with Crippen LogP contribution in [0.15, 0.2) is 77.9 Å². The van der Waals surface area contributed by atoms with Crippen molar-refractivity contribution in [2.24, 2.45) is 5.10 Å². The van der Waals surface area contributed by atoms with Crippen LogP contribution in [0.1, 0.15) is 16.7 Å². The van der Waals surface area contributed by atoms with Crippen molar-refractivity contribution in [1.82, 2.24) is 5.43 Å². The van der Waals surface area contributed by atoms with Gasteiger partial charge in [-0.15, -0.1) is 0 Å². The maximum absolute atomic E-state index is 12.0. The van der Waals surface area contributed by atoms with Gasteiger partial charge in [0.25, 0.3) is 0 Å². The second-order valence-corrected chi connectivity index (χ2v) is 6.85. The summed E-state index contributed by atoms with van der Waals surface area (Å²) in [5, 5.41) is 7.01. The molecule has 0 aliphatic carbocycles. The average Bonchev–Trinajstić information content (AvgIpc) is 2.74. The molecule has 152 valence electrons. The van der Waals surface area contributed by atoms with Crippen molar-refractivity contribution in [2.45, 2.75) is 13.5 Å². The molecule has 0 unspecified atom stereocenters. The zero-order valence-electron chi connectivity index (χ0n) is 16.3. The fourth-order valence-corrected chi connectivity index (χ4v) is 2.80. The minimum atomic E-state index is -0.873. The summed E-state index contributed by atoms with van der Waals surface area (Å²) in [5.41, 5.74) is 5.23. The Morgan fingerprint density at radius 1 is 1.00 bits per heavy atom. The van der Waals surface area contributed by atoms with Crippen LogP contribution in [0.4, 0.5) is 5.69 Å². The molecule has 30 heavy (non-hydrogen) atoms. The zero-order valence-corrected chi connectivity index (χ0v) is 17.0. The van der Waals surface area contributed by atoms with E-state index in [4.69, 9.17) is 16.3 Å². The highest BCUT2D eigenvalue weighted by atomic mass is 35.5. The van der Waals surface area contributed by atoms with Gasteiger partial charge in [0.15, 0.2) is 0 Å². The van der Waals surface area contributed by atoms with E-state index in [1.54, 1.807) is 36.4 Å². The number of carbonyl (C=O) groups excluding carboxylic acids is 2. The monoisotopic (exact) mass is 421 g/mol. The molecule has 0 saturated heterocycles. The van der Waals surface area contributed by atoms with Crippen LogP contribution in [0.2, 0.25) is 5.02 Å². The molecule has 2 amide bonds. The number of rotatable bonds is 6. The fraction of sp³-hybridized carbons (Fsp3) is 0.0870.